The summed E-state index contributed by atoms with van der Waals surface area (Å²) in [5, 5.41) is 11.7. The van der Waals surface area contributed by atoms with Crippen molar-refractivity contribution in [1.29, 1.82) is 0 Å². The summed E-state index contributed by atoms with van der Waals surface area (Å²) in [4.78, 5) is 21.6. The molecule has 4 aromatic rings. The van der Waals surface area contributed by atoms with Gasteiger partial charge in [0, 0.05) is 34.8 Å². The monoisotopic (exact) mass is 458 g/mol. The molecule has 2 aliphatic rings. The molecule has 0 radical (unpaired) electrons. The highest BCUT2D eigenvalue weighted by atomic mass is 35.5. The third kappa shape index (κ3) is 4.41. The average Bonchev–Trinajstić information content (AvgIpc) is 3.74. The van der Waals surface area contributed by atoms with Gasteiger partial charge in [-0.3, -0.25) is 4.79 Å². The Bertz CT molecular complexity index is 1350. The Kier molecular flexibility index (Phi) is 4.99. The smallest absolute Gasteiger partial charge is 0.229 e. The van der Waals surface area contributed by atoms with Gasteiger partial charge in [-0.25, -0.2) is 14.5 Å². The minimum absolute atomic E-state index is 0.0116. The van der Waals surface area contributed by atoms with Crippen LogP contribution in [0, 0.1) is 5.92 Å². The second-order valence-electron chi connectivity index (χ2n) is 8.84. The van der Waals surface area contributed by atoms with Crippen molar-refractivity contribution >= 4 is 34.7 Å². The van der Waals surface area contributed by atoms with Crippen LogP contribution in [0.1, 0.15) is 48.0 Å². The quantitative estimate of drug-likeness (QED) is 0.406. The molecule has 7 nitrogen and oxygen atoms in total. The zero-order valence-corrected chi connectivity index (χ0v) is 18.7. The number of rotatable bonds is 7. The Balaban J connectivity index is 1.08. The van der Waals surface area contributed by atoms with Crippen molar-refractivity contribution in [1.82, 2.24) is 19.6 Å². The molecule has 2 fully saturated rings. The maximum Gasteiger partial charge on any atom is 0.229 e. The van der Waals surface area contributed by atoms with E-state index in [2.05, 4.69) is 31.8 Å². The van der Waals surface area contributed by atoms with Gasteiger partial charge >= 0.3 is 0 Å². The van der Waals surface area contributed by atoms with Crippen molar-refractivity contribution < 1.29 is 4.79 Å². The van der Waals surface area contributed by atoms with Gasteiger partial charge in [-0.05, 0) is 61.1 Å². The molecule has 2 N–H and O–H groups in total. The average molecular weight is 459 g/mol. The molecule has 33 heavy (non-hydrogen) atoms. The van der Waals surface area contributed by atoms with Crippen LogP contribution in [0.3, 0.4) is 0 Å². The molecule has 3 aromatic heterocycles. The van der Waals surface area contributed by atoms with E-state index in [-0.39, 0.29) is 17.7 Å². The lowest BCUT2D eigenvalue weighted by Crippen LogP contribution is -2.15. The number of hydrogen-bond donors (Lipinski definition) is 2. The third-order valence-corrected chi connectivity index (χ3v) is 6.51. The standard InChI is InChI=1S/C25H23ClN6O/c26-17-3-1-2-16(10-17)20-12-21(20)25(33)30-23-11-18(8-9-27-23)28-13-19-14-32-24(29-19)7-6-22(31-32)15-4-5-15/h1-3,6-11,14-15,20-21H,4-5,12-13H2,(H2,27,28,30,33)/t20-,21+/m1/s1. The summed E-state index contributed by atoms with van der Waals surface area (Å²) in [6.07, 6.45) is 6.93. The van der Waals surface area contributed by atoms with Crippen molar-refractivity contribution in [3.05, 3.63) is 82.9 Å². The first kappa shape index (κ1) is 20.2. The molecule has 1 amide bonds. The van der Waals surface area contributed by atoms with Gasteiger partial charge in [0.25, 0.3) is 0 Å². The third-order valence-electron chi connectivity index (χ3n) is 6.28. The number of pyridine rings is 1. The minimum Gasteiger partial charge on any atom is -0.379 e. The van der Waals surface area contributed by atoms with E-state index in [1.807, 2.05) is 53.2 Å². The molecule has 0 spiro atoms. The predicted octanol–water partition coefficient (Wildman–Crippen LogP) is 5.01. The van der Waals surface area contributed by atoms with E-state index in [0.29, 0.717) is 23.3 Å². The molecular weight excluding hydrogens is 436 g/mol. The van der Waals surface area contributed by atoms with Gasteiger partial charge in [-0.15, -0.1) is 0 Å². The summed E-state index contributed by atoms with van der Waals surface area (Å²) < 4.78 is 1.86. The SMILES string of the molecule is O=C(Nc1cc(NCc2cn3nc(C4CC4)ccc3n2)ccn1)[C@H]1C[C@@H]1c1cccc(Cl)c1. The second kappa shape index (κ2) is 8.15. The summed E-state index contributed by atoms with van der Waals surface area (Å²) in [5.41, 5.74) is 4.86. The summed E-state index contributed by atoms with van der Waals surface area (Å²) in [6.45, 7) is 0.555. The van der Waals surface area contributed by atoms with Crippen LogP contribution in [0.15, 0.2) is 60.9 Å². The number of halogens is 1. The highest BCUT2D eigenvalue weighted by Gasteiger charge is 2.44. The number of carbonyl (C=O) groups is 1. The number of nitrogens with zero attached hydrogens (tertiary/aromatic N) is 4. The lowest BCUT2D eigenvalue weighted by Gasteiger charge is -2.08. The molecule has 0 unspecified atom stereocenters. The van der Waals surface area contributed by atoms with Gasteiger partial charge in [0.05, 0.1) is 24.1 Å². The van der Waals surface area contributed by atoms with Gasteiger partial charge in [0.2, 0.25) is 5.91 Å². The molecule has 0 bridgehead atoms. The molecular formula is C25H23ClN6O. The fraction of sp³-hybridized carbons (Fsp3) is 0.280. The number of carbonyl (C=O) groups excluding carboxylic acids is 1. The van der Waals surface area contributed by atoms with Crippen LogP contribution >= 0.6 is 11.6 Å². The van der Waals surface area contributed by atoms with Crippen molar-refractivity contribution in [2.24, 2.45) is 5.92 Å². The maximum absolute atomic E-state index is 12.7. The van der Waals surface area contributed by atoms with Crippen LogP contribution in [0.4, 0.5) is 11.5 Å². The molecule has 6 rings (SSSR count). The molecule has 0 saturated heterocycles. The lowest BCUT2D eigenvalue weighted by atomic mass is 10.1. The number of amides is 1. The number of nitrogens with one attached hydrogen (secondary N) is 2. The minimum atomic E-state index is -0.0483. The van der Waals surface area contributed by atoms with Gasteiger partial charge in [0.15, 0.2) is 5.65 Å². The van der Waals surface area contributed by atoms with Crippen LogP contribution in [0.2, 0.25) is 5.02 Å². The van der Waals surface area contributed by atoms with E-state index in [1.54, 1.807) is 6.20 Å². The number of benzene rings is 1. The van der Waals surface area contributed by atoms with Crippen molar-refractivity contribution in [3.8, 4) is 0 Å². The topological polar surface area (TPSA) is 84.2 Å². The van der Waals surface area contributed by atoms with Gasteiger partial charge in [-0.2, -0.15) is 5.10 Å². The van der Waals surface area contributed by atoms with Crippen LogP contribution in [-0.4, -0.2) is 25.5 Å². The van der Waals surface area contributed by atoms with Crippen LogP contribution in [-0.2, 0) is 11.3 Å². The molecule has 2 atom stereocenters. The first-order valence-electron chi connectivity index (χ1n) is 11.2. The van der Waals surface area contributed by atoms with Gasteiger partial charge < -0.3 is 10.6 Å². The Morgan fingerprint density at radius 1 is 1.15 bits per heavy atom. The van der Waals surface area contributed by atoms with Gasteiger partial charge in [0.1, 0.15) is 5.82 Å². The molecule has 2 aliphatic carbocycles. The largest absolute Gasteiger partial charge is 0.379 e. The summed E-state index contributed by atoms with van der Waals surface area (Å²) in [7, 11) is 0. The number of anilines is 2. The normalized spacial score (nSPS) is 19.4. The fourth-order valence-electron chi connectivity index (χ4n) is 4.24. The van der Waals surface area contributed by atoms with E-state index >= 15 is 0 Å². The summed E-state index contributed by atoms with van der Waals surface area (Å²) >= 11 is 6.08. The van der Waals surface area contributed by atoms with E-state index in [4.69, 9.17) is 11.6 Å². The highest BCUT2D eigenvalue weighted by molar-refractivity contribution is 6.30. The number of fused-ring (bicyclic) bond motifs is 1. The van der Waals surface area contributed by atoms with E-state index in [1.165, 1.54) is 12.8 Å². The Morgan fingerprint density at radius 3 is 2.91 bits per heavy atom. The van der Waals surface area contributed by atoms with Crippen molar-refractivity contribution in [3.63, 3.8) is 0 Å². The summed E-state index contributed by atoms with van der Waals surface area (Å²) in [6, 6.07) is 15.5. The molecule has 8 heteroatoms. The van der Waals surface area contributed by atoms with E-state index < -0.39 is 0 Å². The van der Waals surface area contributed by atoms with Crippen molar-refractivity contribution in [2.45, 2.75) is 37.6 Å². The first-order valence-corrected chi connectivity index (χ1v) is 11.6. The first-order chi connectivity index (χ1) is 16.1. The van der Waals surface area contributed by atoms with Crippen LogP contribution in [0.5, 0.6) is 0 Å². The Hall–Kier alpha value is -3.45. The summed E-state index contributed by atoms with van der Waals surface area (Å²) in [5.74, 6) is 1.30. The predicted molar refractivity (Wildman–Crippen MR) is 127 cm³/mol. The lowest BCUT2D eigenvalue weighted by molar-refractivity contribution is -0.117. The molecule has 1 aromatic carbocycles. The molecule has 2 saturated carbocycles. The second-order valence-corrected chi connectivity index (χ2v) is 9.28. The van der Waals surface area contributed by atoms with Crippen LogP contribution in [0.25, 0.3) is 5.65 Å². The number of imidazole rings is 1. The van der Waals surface area contributed by atoms with E-state index in [9.17, 15) is 4.79 Å². The fourth-order valence-corrected chi connectivity index (χ4v) is 4.44. The van der Waals surface area contributed by atoms with Gasteiger partial charge in [-0.1, -0.05) is 23.7 Å². The zero-order valence-electron chi connectivity index (χ0n) is 17.9. The van der Waals surface area contributed by atoms with Crippen LogP contribution < -0.4 is 10.6 Å². The molecule has 166 valence electrons. The highest BCUT2D eigenvalue weighted by Crippen LogP contribution is 2.48. The molecule has 3 heterocycles. The number of aromatic nitrogens is 4. The Labute approximate surface area is 196 Å². The Morgan fingerprint density at radius 2 is 2.06 bits per heavy atom. The van der Waals surface area contributed by atoms with E-state index in [0.717, 1.165) is 34.7 Å². The number of hydrogen-bond acceptors (Lipinski definition) is 5. The molecule has 0 aliphatic heterocycles. The maximum atomic E-state index is 12.7. The zero-order chi connectivity index (χ0) is 22.4. The van der Waals surface area contributed by atoms with Crippen molar-refractivity contribution in [2.75, 3.05) is 10.6 Å².